The molecule has 0 N–H and O–H groups in total. The molecule has 0 saturated carbocycles. The average molecular weight is 341 g/mol. The minimum absolute atomic E-state index is 0.106. The van der Waals surface area contributed by atoms with Gasteiger partial charge in [-0.2, -0.15) is 0 Å². The molecule has 3 rings (SSSR count). The average Bonchev–Trinajstić information content (AvgIpc) is 2.99. The summed E-state index contributed by atoms with van der Waals surface area (Å²) in [5, 5.41) is -1.20. The Morgan fingerprint density at radius 1 is 1.22 bits per heavy atom. The quantitative estimate of drug-likeness (QED) is 0.720. The molecule has 1 amide bonds. The second-order valence-electron chi connectivity index (χ2n) is 5.20. The lowest BCUT2D eigenvalue weighted by Crippen LogP contribution is -2.40. The van der Waals surface area contributed by atoms with E-state index in [1.165, 1.54) is 26.4 Å². The topological polar surface area (TPSA) is 99.2 Å². The van der Waals surface area contributed by atoms with Gasteiger partial charge in [-0.1, -0.05) is 6.07 Å². The molecule has 0 bridgehead atoms. The summed E-state index contributed by atoms with van der Waals surface area (Å²) in [4.78, 5) is 25.7. The summed E-state index contributed by atoms with van der Waals surface area (Å²) >= 11 is 0. The number of sulfone groups is 1. The van der Waals surface area contributed by atoms with Crippen molar-refractivity contribution < 1.29 is 32.2 Å². The summed E-state index contributed by atoms with van der Waals surface area (Å²) in [5.41, 5.74) is 0.396. The molecule has 9 heteroatoms. The molecule has 1 aromatic carbocycles. The molecule has 1 saturated heterocycles. The van der Waals surface area contributed by atoms with Gasteiger partial charge in [0.25, 0.3) is 5.91 Å². The molecule has 23 heavy (non-hydrogen) atoms. The van der Waals surface area contributed by atoms with Gasteiger partial charge in [0.2, 0.25) is 0 Å². The number of carbonyl (C=O) groups is 2. The molecule has 0 aromatic heterocycles. The lowest BCUT2D eigenvalue weighted by atomic mass is 10.1. The van der Waals surface area contributed by atoms with E-state index in [4.69, 9.17) is 9.47 Å². The van der Waals surface area contributed by atoms with Gasteiger partial charge >= 0.3 is 5.97 Å². The van der Waals surface area contributed by atoms with E-state index in [9.17, 15) is 18.0 Å². The third-order valence-electron chi connectivity index (χ3n) is 4.08. The maximum absolute atomic E-state index is 12.8. The van der Waals surface area contributed by atoms with Crippen molar-refractivity contribution in [3.05, 3.63) is 23.3 Å². The molecule has 1 fully saturated rings. The molecule has 124 valence electrons. The molecular weight excluding hydrogens is 326 g/mol. The molecular formula is C14H15NO7S. The number of esters is 1. The number of methoxy groups -OCH3 is 3. The van der Waals surface area contributed by atoms with Gasteiger partial charge in [0.05, 0.1) is 32.6 Å². The van der Waals surface area contributed by atoms with Crippen molar-refractivity contribution in [1.82, 2.24) is 4.90 Å². The SMILES string of the molecule is COC(=O)[C@@H]1CS(=O)(=O)[C@@H]2c3ccc(OC)c(OC)c3C(=O)N21. The van der Waals surface area contributed by atoms with Gasteiger partial charge in [-0.15, -0.1) is 0 Å². The van der Waals surface area contributed by atoms with E-state index in [0.29, 0.717) is 11.3 Å². The van der Waals surface area contributed by atoms with Crippen LogP contribution in [-0.2, 0) is 19.4 Å². The van der Waals surface area contributed by atoms with E-state index >= 15 is 0 Å². The van der Waals surface area contributed by atoms with Gasteiger partial charge < -0.3 is 19.1 Å². The number of carbonyl (C=O) groups excluding carboxylic acids is 2. The van der Waals surface area contributed by atoms with Crippen molar-refractivity contribution in [1.29, 1.82) is 0 Å². The highest BCUT2D eigenvalue weighted by Gasteiger charge is 2.57. The van der Waals surface area contributed by atoms with Crippen LogP contribution in [0.1, 0.15) is 21.3 Å². The minimum atomic E-state index is -3.71. The van der Waals surface area contributed by atoms with Gasteiger partial charge in [-0.05, 0) is 6.07 Å². The molecule has 0 unspecified atom stereocenters. The Kier molecular flexibility index (Phi) is 3.47. The zero-order valence-electron chi connectivity index (χ0n) is 12.7. The highest BCUT2D eigenvalue weighted by molar-refractivity contribution is 7.92. The second kappa shape index (κ2) is 5.12. The zero-order chi connectivity index (χ0) is 16.9. The van der Waals surface area contributed by atoms with Crippen LogP contribution in [-0.4, -0.2) is 58.3 Å². The summed E-state index contributed by atoms with van der Waals surface area (Å²) in [6, 6.07) is 1.89. The Morgan fingerprint density at radius 3 is 2.48 bits per heavy atom. The van der Waals surface area contributed by atoms with Crippen LogP contribution in [0.3, 0.4) is 0 Å². The standard InChI is InChI=1S/C14H15NO7S/c1-20-9-5-4-7-10(11(9)21-2)12(16)15-8(14(17)22-3)6-23(18,19)13(7)15/h4-5,8,13H,6H2,1-3H3/t8-,13+/m0/s1. The van der Waals surface area contributed by atoms with E-state index in [0.717, 1.165) is 12.0 Å². The van der Waals surface area contributed by atoms with E-state index < -0.39 is 38.9 Å². The fourth-order valence-corrected chi connectivity index (χ4v) is 5.23. The number of fused-ring (bicyclic) bond motifs is 3. The lowest BCUT2D eigenvalue weighted by molar-refractivity contribution is -0.144. The van der Waals surface area contributed by atoms with Crippen LogP contribution in [0.4, 0.5) is 0 Å². The fraction of sp³-hybridized carbons (Fsp3) is 0.429. The largest absolute Gasteiger partial charge is 0.493 e. The first-order valence-corrected chi connectivity index (χ1v) is 8.45. The van der Waals surface area contributed by atoms with Crippen LogP contribution in [0.2, 0.25) is 0 Å². The maximum Gasteiger partial charge on any atom is 0.329 e. The number of hydrogen-bond acceptors (Lipinski definition) is 7. The predicted octanol–water partition coefficient (Wildman–Crippen LogP) is 0.128. The molecule has 0 spiro atoms. The van der Waals surface area contributed by atoms with Crippen LogP contribution < -0.4 is 9.47 Å². The van der Waals surface area contributed by atoms with Crippen LogP contribution in [0.5, 0.6) is 11.5 Å². The summed E-state index contributed by atoms with van der Waals surface area (Å²) < 4.78 is 39.9. The lowest BCUT2D eigenvalue weighted by Gasteiger charge is -2.20. The van der Waals surface area contributed by atoms with Crippen LogP contribution in [0.15, 0.2) is 12.1 Å². The van der Waals surface area contributed by atoms with Crippen molar-refractivity contribution in [2.45, 2.75) is 11.4 Å². The van der Waals surface area contributed by atoms with Crippen molar-refractivity contribution in [2.75, 3.05) is 27.1 Å². The molecule has 2 atom stereocenters. The third kappa shape index (κ3) is 1.99. The van der Waals surface area contributed by atoms with E-state index in [2.05, 4.69) is 4.74 Å². The third-order valence-corrected chi connectivity index (χ3v) is 6.03. The number of rotatable bonds is 3. The Morgan fingerprint density at radius 2 is 1.91 bits per heavy atom. The normalized spacial score (nSPS) is 24.1. The second-order valence-corrected chi connectivity index (χ2v) is 7.30. The summed E-state index contributed by atoms with van der Waals surface area (Å²) in [5.74, 6) is -1.33. The van der Waals surface area contributed by atoms with Gasteiger partial charge in [-0.25, -0.2) is 13.2 Å². The van der Waals surface area contributed by atoms with Crippen LogP contribution in [0.25, 0.3) is 0 Å². The molecule has 8 nitrogen and oxygen atoms in total. The Balaban J connectivity index is 2.23. The highest BCUT2D eigenvalue weighted by atomic mass is 32.2. The number of hydrogen-bond donors (Lipinski definition) is 0. The number of ether oxygens (including phenoxy) is 3. The van der Waals surface area contributed by atoms with E-state index in [-0.39, 0.29) is 11.3 Å². The van der Waals surface area contributed by atoms with Crippen LogP contribution in [0, 0.1) is 0 Å². The number of amides is 1. The number of benzene rings is 1. The van der Waals surface area contributed by atoms with Gasteiger partial charge in [-0.3, -0.25) is 4.79 Å². The maximum atomic E-state index is 12.8. The van der Waals surface area contributed by atoms with E-state index in [1.54, 1.807) is 0 Å². The van der Waals surface area contributed by atoms with Crippen LogP contribution >= 0.6 is 0 Å². The summed E-state index contributed by atoms with van der Waals surface area (Å²) in [6.45, 7) is 0. The predicted molar refractivity (Wildman–Crippen MR) is 78.0 cm³/mol. The fourth-order valence-electron chi connectivity index (χ4n) is 3.13. The van der Waals surface area contributed by atoms with Crippen molar-refractivity contribution in [3.8, 4) is 11.5 Å². The summed E-state index contributed by atoms with van der Waals surface area (Å²) in [6.07, 6.45) is 0. The number of nitrogens with zero attached hydrogens (tertiary/aromatic N) is 1. The van der Waals surface area contributed by atoms with E-state index in [1.807, 2.05) is 0 Å². The highest BCUT2D eigenvalue weighted by Crippen LogP contribution is 2.49. The molecule has 2 aliphatic rings. The first kappa shape index (κ1) is 15.6. The van der Waals surface area contributed by atoms with Crippen molar-refractivity contribution >= 4 is 21.7 Å². The first-order valence-electron chi connectivity index (χ1n) is 6.74. The molecule has 2 heterocycles. The molecule has 0 radical (unpaired) electrons. The Labute approximate surface area is 132 Å². The molecule has 2 aliphatic heterocycles. The van der Waals surface area contributed by atoms with Gasteiger partial charge in [0.15, 0.2) is 26.7 Å². The smallest absolute Gasteiger partial charge is 0.329 e. The minimum Gasteiger partial charge on any atom is -0.493 e. The van der Waals surface area contributed by atoms with Gasteiger partial charge in [0.1, 0.15) is 6.04 Å². The van der Waals surface area contributed by atoms with Crippen molar-refractivity contribution in [3.63, 3.8) is 0 Å². The zero-order valence-corrected chi connectivity index (χ0v) is 13.5. The van der Waals surface area contributed by atoms with Crippen molar-refractivity contribution in [2.24, 2.45) is 0 Å². The summed E-state index contributed by atoms with van der Waals surface area (Å²) in [7, 11) is 0.219. The first-order chi connectivity index (χ1) is 10.9. The monoisotopic (exact) mass is 341 g/mol. The Bertz CT molecular complexity index is 802. The molecule has 0 aliphatic carbocycles. The molecule has 1 aromatic rings. The van der Waals surface area contributed by atoms with Gasteiger partial charge in [0, 0.05) is 5.56 Å². The Hall–Kier alpha value is -2.29.